The molecule has 4 rings (SSSR count). The van der Waals surface area contributed by atoms with Gasteiger partial charge in [-0.25, -0.2) is 0 Å². The average Bonchev–Trinajstić information content (AvgIpc) is 2.68. The van der Waals surface area contributed by atoms with Crippen LogP contribution < -0.4 is 0 Å². The summed E-state index contributed by atoms with van der Waals surface area (Å²) < 4.78 is 17.1. The number of phenolic OH excluding ortho intramolecular Hbond substituents is 1. The zero-order valence-electron chi connectivity index (χ0n) is 17.4. The van der Waals surface area contributed by atoms with E-state index in [0.717, 1.165) is 6.92 Å². The molecule has 1 aromatic carbocycles. The van der Waals surface area contributed by atoms with Crippen LogP contribution >= 0.6 is 0 Å². The average molecular weight is 446 g/mol. The van der Waals surface area contributed by atoms with Crippen molar-refractivity contribution < 1.29 is 48.7 Å². The molecule has 1 aromatic rings. The monoisotopic (exact) mass is 446 g/mol. The number of esters is 1. The van der Waals surface area contributed by atoms with Crippen molar-refractivity contribution in [3.8, 4) is 5.75 Å². The number of carboxylic acid groups (broad SMARTS) is 1. The summed E-state index contributed by atoms with van der Waals surface area (Å²) >= 11 is 0. The molecule has 1 saturated heterocycles. The van der Waals surface area contributed by atoms with Gasteiger partial charge >= 0.3 is 11.9 Å². The van der Waals surface area contributed by atoms with Gasteiger partial charge in [0.05, 0.1) is 29.8 Å². The fourth-order valence-corrected chi connectivity index (χ4v) is 4.70. The van der Waals surface area contributed by atoms with Gasteiger partial charge in [-0.2, -0.15) is 0 Å². The van der Waals surface area contributed by atoms with E-state index >= 15 is 0 Å². The second-order valence-electron chi connectivity index (χ2n) is 8.18. The third-order valence-corrected chi connectivity index (χ3v) is 5.84. The van der Waals surface area contributed by atoms with Gasteiger partial charge in [0.15, 0.2) is 11.6 Å². The lowest BCUT2D eigenvalue weighted by Gasteiger charge is -2.51. The molecule has 32 heavy (non-hydrogen) atoms. The number of aliphatic hydroxyl groups excluding tert-OH is 1. The van der Waals surface area contributed by atoms with Crippen LogP contribution in [-0.2, 0) is 23.8 Å². The van der Waals surface area contributed by atoms with E-state index in [9.17, 15) is 34.5 Å². The van der Waals surface area contributed by atoms with Crippen LogP contribution in [0.4, 0.5) is 0 Å². The molecule has 0 aromatic heterocycles. The van der Waals surface area contributed by atoms with Crippen molar-refractivity contribution >= 4 is 23.5 Å². The van der Waals surface area contributed by atoms with E-state index in [0.29, 0.717) is 0 Å². The number of rotatable bonds is 3. The summed E-state index contributed by atoms with van der Waals surface area (Å²) in [5.41, 5.74) is -0.654. The molecule has 1 aliphatic carbocycles. The Morgan fingerprint density at radius 1 is 1.22 bits per heavy atom. The summed E-state index contributed by atoms with van der Waals surface area (Å²) in [6, 6.07) is 4.05. The molecule has 2 heterocycles. The molecule has 1 spiro atoms. The van der Waals surface area contributed by atoms with Gasteiger partial charge in [0.25, 0.3) is 0 Å². The van der Waals surface area contributed by atoms with Gasteiger partial charge in [0.2, 0.25) is 5.79 Å². The Morgan fingerprint density at radius 3 is 2.59 bits per heavy atom. The van der Waals surface area contributed by atoms with E-state index in [4.69, 9.17) is 14.2 Å². The van der Waals surface area contributed by atoms with Crippen LogP contribution in [0.25, 0.3) is 0 Å². The van der Waals surface area contributed by atoms with Crippen LogP contribution in [0.5, 0.6) is 5.75 Å². The van der Waals surface area contributed by atoms with Crippen LogP contribution in [0, 0.1) is 0 Å². The van der Waals surface area contributed by atoms with E-state index in [2.05, 4.69) is 0 Å². The van der Waals surface area contributed by atoms with Crippen LogP contribution in [0.15, 0.2) is 29.3 Å². The molecule has 3 aliphatic rings. The van der Waals surface area contributed by atoms with Crippen molar-refractivity contribution in [2.24, 2.45) is 0 Å². The zero-order chi connectivity index (χ0) is 23.4. The molecule has 0 amide bonds. The summed E-state index contributed by atoms with van der Waals surface area (Å²) in [5.74, 6) is -5.95. The minimum Gasteiger partial charge on any atom is -0.507 e. The number of aromatic hydroxyl groups is 1. The molecule has 0 radical (unpaired) electrons. The molecule has 5 atom stereocenters. The Morgan fingerprint density at radius 2 is 1.94 bits per heavy atom. The lowest BCUT2D eigenvalue weighted by atomic mass is 9.73. The van der Waals surface area contributed by atoms with Crippen LogP contribution in [0.3, 0.4) is 0 Å². The predicted octanol–water partition coefficient (Wildman–Crippen LogP) is 1.13. The lowest BCUT2D eigenvalue weighted by Crippen LogP contribution is -2.65. The number of phenols is 1. The van der Waals surface area contributed by atoms with E-state index in [-0.39, 0.29) is 35.1 Å². The molecule has 0 saturated carbocycles. The maximum Gasteiger partial charge on any atom is 0.305 e. The van der Waals surface area contributed by atoms with E-state index in [1.807, 2.05) is 0 Å². The number of carboxylic acids is 1. The number of aliphatic hydroxyl groups is 1. The lowest BCUT2D eigenvalue weighted by molar-refractivity contribution is -0.334. The van der Waals surface area contributed by atoms with Crippen molar-refractivity contribution in [2.45, 2.75) is 63.3 Å². The van der Waals surface area contributed by atoms with Crippen LogP contribution in [-0.4, -0.2) is 69.0 Å². The third kappa shape index (κ3) is 3.40. The fourth-order valence-electron chi connectivity index (χ4n) is 4.70. The highest BCUT2D eigenvalue weighted by Crippen LogP contribution is 2.49. The van der Waals surface area contributed by atoms with Gasteiger partial charge in [0, 0.05) is 30.9 Å². The molecule has 10 heteroatoms. The SMILES string of the molecule is CC(=O)OC1CC(C)OC2(OC(CC(=O)O)CC3=C2C(=O)c2c(O)cccc2C3=O)C1O. The second-order valence-corrected chi connectivity index (χ2v) is 8.18. The number of fused-ring (bicyclic) bond motifs is 2. The molecule has 2 aliphatic heterocycles. The van der Waals surface area contributed by atoms with Gasteiger partial charge < -0.3 is 29.5 Å². The maximum atomic E-state index is 13.5. The summed E-state index contributed by atoms with van der Waals surface area (Å²) in [6.07, 6.45) is -5.28. The molecule has 170 valence electrons. The number of benzene rings is 1. The van der Waals surface area contributed by atoms with E-state index < -0.39 is 65.9 Å². The van der Waals surface area contributed by atoms with Gasteiger partial charge in [-0.05, 0) is 13.0 Å². The Kier molecular flexibility index (Phi) is 5.40. The van der Waals surface area contributed by atoms with Crippen molar-refractivity contribution in [1.29, 1.82) is 0 Å². The summed E-state index contributed by atoms with van der Waals surface area (Å²) in [7, 11) is 0. The van der Waals surface area contributed by atoms with E-state index in [1.54, 1.807) is 6.92 Å². The Bertz CT molecular complexity index is 1060. The Labute approximate surface area is 182 Å². The number of ether oxygens (including phenoxy) is 3. The van der Waals surface area contributed by atoms with Crippen molar-refractivity contribution in [3.63, 3.8) is 0 Å². The topological polar surface area (TPSA) is 157 Å². The number of hydrogen-bond acceptors (Lipinski definition) is 9. The van der Waals surface area contributed by atoms with Crippen LogP contribution in [0.2, 0.25) is 0 Å². The highest BCUT2D eigenvalue weighted by molar-refractivity contribution is 6.28. The minimum atomic E-state index is -2.25. The number of hydrogen-bond donors (Lipinski definition) is 3. The Hall–Kier alpha value is -3.08. The maximum absolute atomic E-state index is 13.5. The summed E-state index contributed by atoms with van der Waals surface area (Å²) in [6.45, 7) is 2.76. The first-order valence-electron chi connectivity index (χ1n) is 10.1. The summed E-state index contributed by atoms with van der Waals surface area (Å²) in [4.78, 5) is 49.8. The van der Waals surface area contributed by atoms with E-state index in [1.165, 1.54) is 18.2 Å². The second kappa shape index (κ2) is 7.80. The quantitative estimate of drug-likeness (QED) is 0.575. The van der Waals surface area contributed by atoms with Crippen LogP contribution in [0.1, 0.15) is 53.8 Å². The smallest absolute Gasteiger partial charge is 0.305 e. The summed E-state index contributed by atoms with van der Waals surface area (Å²) in [5, 5.41) is 30.8. The molecule has 3 N–H and O–H groups in total. The van der Waals surface area contributed by atoms with Crippen molar-refractivity contribution in [3.05, 3.63) is 40.5 Å². The van der Waals surface area contributed by atoms with Crippen molar-refractivity contribution in [2.75, 3.05) is 0 Å². The van der Waals surface area contributed by atoms with Gasteiger partial charge in [-0.15, -0.1) is 0 Å². The molecule has 5 unspecified atom stereocenters. The van der Waals surface area contributed by atoms with Gasteiger partial charge in [0.1, 0.15) is 18.0 Å². The number of carbonyl (C=O) groups excluding carboxylic acids is 3. The molecule has 10 nitrogen and oxygen atoms in total. The number of Topliss-reactive ketones (excluding diaryl/α,β-unsaturated/α-hetero) is 2. The molecule has 0 bridgehead atoms. The minimum absolute atomic E-state index is 0.0326. The first-order chi connectivity index (χ1) is 15.0. The van der Waals surface area contributed by atoms with Gasteiger partial charge in [-0.3, -0.25) is 19.2 Å². The number of aliphatic carboxylic acids is 1. The largest absolute Gasteiger partial charge is 0.507 e. The fraction of sp³-hybridized carbons (Fsp3) is 0.455. The molecular formula is C22H22O10. The molecule has 1 fully saturated rings. The predicted molar refractivity (Wildman–Crippen MR) is 105 cm³/mol. The highest BCUT2D eigenvalue weighted by Gasteiger charge is 2.61. The number of carbonyl (C=O) groups is 4. The number of ketones is 2. The first-order valence-corrected chi connectivity index (χ1v) is 10.1. The zero-order valence-corrected chi connectivity index (χ0v) is 17.4. The van der Waals surface area contributed by atoms with Crippen molar-refractivity contribution in [1.82, 2.24) is 0 Å². The van der Waals surface area contributed by atoms with Gasteiger partial charge in [-0.1, -0.05) is 12.1 Å². The molecular weight excluding hydrogens is 424 g/mol. The Balaban J connectivity index is 1.92. The standard InChI is InChI=1S/C22H22O10/c1-9-6-15(30-10(2)23)21(29)22(31-9)18-13(7-11(32-22)8-16(25)26)19(27)12-4-3-5-14(24)17(12)20(18)28/h3-5,9,11,15,21,24,29H,6-8H2,1-2H3,(H,25,26). The highest BCUT2D eigenvalue weighted by atomic mass is 16.7. The first kappa shape index (κ1) is 22.1. The third-order valence-electron chi connectivity index (χ3n) is 5.84. The normalized spacial score (nSPS) is 31.8.